The first-order valence-electron chi connectivity index (χ1n) is 19.9. The maximum absolute atomic E-state index is 12.6. The molecule has 46 heavy (non-hydrogen) atoms. The smallest absolute Gasteiger partial charge is 0.306 e. The maximum atomic E-state index is 12.6. The van der Waals surface area contributed by atoms with Crippen molar-refractivity contribution in [3.05, 3.63) is 0 Å². The Morgan fingerprint density at radius 1 is 0.413 bits per heavy atom. The van der Waals surface area contributed by atoms with E-state index in [1.54, 1.807) is 0 Å². The first-order valence-corrected chi connectivity index (χ1v) is 19.9. The van der Waals surface area contributed by atoms with Gasteiger partial charge < -0.3 is 14.2 Å². The number of rotatable bonds is 35. The second-order valence-electron chi connectivity index (χ2n) is 14.0. The molecule has 0 radical (unpaired) electrons. The van der Waals surface area contributed by atoms with Crippen LogP contribution in [-0.2, 0) is 28.6 Å². The monoisotopic (exact) mass is 653 g/mol. The largest absolute Gasteiger partial charge is 0.462 e. The second kappa shape index (κ2) is 34.7. The minimum atomic E-state index is -0.756. The third-order valence-electron chi connectivity index (χ3n) is 8.79. The van der Waals surface area contributed by atoms with Crippen LogP contribution >= 0.6 is 0 Å². The third-order valence-corrected chi connectivity index (χ3v) is 8.79. The van der Waals surface area contributed by atoms with Crippen molar-refractivity contribution >= 4 is 17.9 Å². The zero-order valence-corrected chi connectivity index (χ0v) is 31.0. The first-order chi connectivity index (χ1) is 22.4. The molecule has 0 amide bonds. The van der Waals surface area contributed by atoms with Crippen molar-refractivity contribution < 1.29 is 28.6 Å². The Morgan fingerprint density at radius 3 is 1.07 bits per heavy atom. The molecule has 0 fully saturated rings. The summed E-state index contributed by atoms with van der Waals surface area (Å²) in [4.78, 5) is 37.2. The zero-order chi connectivity index (χ0) is 33.9. The fraction of sp³-hybridized carbons (Fsp3) is 0.925. The summed E-state index contributed by atoms with van der Waals surface area (Å²) >= 11 is 0. The molecular formula is C40H76O6. The predicted octanol–water partition coefficient (Wildman–Crippen LogP) is 12.0. The normalized spacial score (nSPS) is 11.9. The molecule has 6 nitrogen and oxygen atoms in total. The average molecular weight is 653 g/mol. The Balaban J connectivity index is 4.26. The Labute approximate surface area is 285 Å². The standard InChI is InChI=1S/C40H76O6/c1-5-7-9-11-12-13-14-15-16-17-20-25-29-33-40(43)46-37(34-44-38(41)31-27-22-10-8-6-2)35-45-39(42)32-28-24-21-18-19-23-26-30-36(3)4/h36-37H,5-35H2,1-4H3/t37-/m0/s1. The highest BCUT2D eigenvalue weighted by Crippen LogP contribution is 2.15. The Kier molecular flexibility index (Phi) is 33.5. The van der Waals surface area contributed by atoms with E-state index in [9.17, 15) is 14.4 Å². The van der Waals surface area contributed by atoms with Gasteiger partial charge in [-0.15, -0.1) is 0 Å². The van der Waals surface area contributed by atoms with Gasteiger partial charge in [-0.3, -0.25) is 14.4 Å². The van der Waals surface area contributed by atoms with E-state index >= 15 is 0 Å². The summed E-state index contributed by atoms with van der Waals surface area (Å²) in [5.41, 5.74) is 0. The minimum Gasteiger partial charge on any atom is -0.462 e. The van der Waals surface area contributed by atoms with Crippen LogP contribution in [0.5, 0.6) is 0 Å². The predicted molar refractivity (Wildman–Crippen MR) is 192 cm³/mol. The first kappa shape index (κ1) is 44.4. The molecule has 0 aromatic carbocycles. The molecule has 0 spiro atoms. The van der Waals surface area contributed by atoms with Gasteiger partial charge in [0.1, 0.15) is 13.2 Å². The van der Waals surface area contributed by atoms with E-state index in [-0.39, 0.29) is 31.1 Å². The van der Waals surface area contributed by atoms with Crippen molar-refractivity contribution in [3.8, 4) is 0 Å². The highest BCUT2D eigenvalue weighted by atomic mass is 16.6. The summed E-state index contributed by atoms with van der Waals surface area (Å²) in [6.07, 6.45) is 31.2. The van der Waals surface area contributed by atoms with Crippen LogP contribution in [0.25, 0.3) is 0 Å². The lowest BCUT2D eigenvalue weighted by Crippen LogP contribution is -2.30. The lowest BCUT2D eigenvalue weighted by Gasteiger charge is -2.18. The van der Waals surface area contributed by atoms with Gasteiger partial charge in [0, 0.05) is 19.3 Å². The van der Waals surface area contributed by atoms with Crippen molar-refractivity contribution in [1.82, 2.24) is 0 Å². The van der Waals surface area contributed by atoms with Crippen LogP contribution in [0, 0.1) is 5.92 Å². The van der Waals surface area contributed by atoms with Gasteiger partial charge in [-0.1, -0.05) is 175 Å². The zero-order valence-electron chi connectivity index (χ0n) is 31.0. The van der Waals surface area contributed by atoms with Gasteiger partial charge in [0.15, 0.2) is 6.10 Å². The van der Waals surface area contributed by atoms with Crippen LogP contribution in [0.1, 0.15) is 214 Å². The highest BCUT2D eigenvalue weighted by molar-refractivity contribution is 5.71. The van der Waals surface area contributed by atoms with E-state index < -0.39 is 6.10 Å². The molecule has 0 aromatic rings. The molecule has 0 aromatic heterocycles. The van der Waals surface area contributed by atoms with Crippen molar-refractivity contribution in [2.24, 2.45) is 5.92 Å². The second-order valence-corrected chi connectivity index (χ2v) is 14.0. The topological polar surface area (TPSA) is 78.9 Å². The van der Waals surface area contributed by atoms with Crippen LogP contribution in [-0.4, -0.2) is 37.2 Å². The van der Waals surface area contributed by atoms with E-state index in [2.05, 4.69) is 27.7 Å². The molecule has 272 valence electrons. The minimum absolute atomic E-state index is 0.0667. The van der Waals surface area contributed by atoms with Crippen molar-refractivity contribution in [3.63, 3.8) is 0 Å². The molecule has 0 N–H and O–H groups in total. The summed E-state index contributed by atoms with van der Waals surface area (Å²) in [5, 5.41) is 0. The van der Waals surface area contributed by atoms with E-state index in [1.165, 1.54) is 103 Å². The number of ether oxygens (including phenoxy) is 3. The lowest BCUT2D eigenvalue weighted by molar-refractivity contribution is -0.167. The molecular weight excluding hydrogens is 576 g/mol. The van der Waals surface area contributed by atoms with Gasteiger partial charge in [0.05, 0.1) is 0 Å². The molecule has 0 unspecified atom stereocenters. The molecule has 0 aliphatic heterocycles. The number of hydrogen-bond acceptors (Lipinski definition) is 6. The Morgan fingerprint density at radius 2 is 0.717 bits per heavy atom. The van der Waals surface area contributed by atoms with Crippen LogP contribution in [0.4, 0.5) is 0 Å². The molecule has 1 atom stereocenters. The van der Waals surface area contributed by atoms with E-state index in [0.717, 1.165) is 70.1 Å². The number of esters is 3. The van der Waals surface area contributed by atoms with E-state index in [4.69, 9.17) is 14.2 Å². The summed E-state index contributed by atoms with van der Waals surface area (Å²) in [7, 11) is 0. The third kappa shape index (κ3) is 33.8. The lowest BCUT2D eigenvalue weighted by atomic mass is 10.0. The summed E-state index contributed by atoms with van der Waals surface area (Å²) in [6.45, 7) is 8.84. The van der Waals surface area contributed by atoms with Crippen LogP contribution < -0.4 is 0 Å². The molecule has 0 aliphatic carbocycles. The molecule has 0 saturated heterocycles. The number of hydrogen-bond donors (Lipinski definition) is 0. The molecule has 0 aliphatic rings. The maximum Gasteiger partial charge on any atom is 0.306 e. The van der Waals surface area contributed by atoms with Gasteiger partial charge in [-0.05, 0) is 25.2 Å². The van der Waals surface area contributed by atoms with Crippen LogP contribution in [0.2, 0.25) is 0 Å². The van der Waals surface area contributed by atoms with Gasteiger partial charge in [-0.2, -0.15) is 0 Å². The highest BCUT2D eigenvalue weighted by Gasteiger charge is 2.19. The average Bonchev–Trinajstić information content (AvgIpc) is 3.03. The molecule has 6 heteroatoms. The van der Waals surface area contributed by atoms with Gasteiger partial charge in [-0.25, -0.2) is 0 Å². The van der Waals surface area contributed by atoms with Gasteiger partial charge in [0.25, 0.3) is 0 Å². The number of carbonyl (C=O) groups excluding carboxylic acids is 3. The van der Waals surface area contributed by atoms with E-state index in [0.29, 0.717) is 19.3 Å². The SMILES string of the molecule is CCCCCCCCCCCCCCCC(=O)O[C@@H](COC(=O)CCCCCCC)COC(=O)CCCCCCCCCC(C)C. The molecule has 0 rings (SSSR count). The van der Waals surface area contributed by atoms with E-state index in [1.807, 2.05) is 0 Å². The Hall–Kier alpha value is -1.59. The molecule has 0 bridgehead atoms. The van der Waals surface area contributed by atoms with Crippen LogP contribution in [0.15, 0.2) is 0 Å². The molecule has 0 heterocycles. The summed E-state index contributed by atoms with van der Waals surface area (Å²) < 4.78 is 16.5. The Bertz CT molecular complexity index is 691. The van der Waals surface area contributed by atoms with Crippen LogP contribution in [0.3, 0.4) is 0 Å². The van der Waals surface area contributed by atoms with Gasteiger partial charge >= 0.3 is 17.9 Å². The molecule has 0 saturated carbocycles. The van der Waals surface area contributed by atoms with Crippen molar-refractivity contribution in [1.29, 1.82) is 0 Å². The number of unbranched alkanes of at least 4 members (excludes halogenated alkanes) is 22. The fourth-order valence-corrected chi connectivity index (χ4v) is 5.74. The number of carbonyl (C=O) groups is 3. The van der Waals surface area contributed by atoms with Gasteiger partial charge in [0.2, 0.25) is 0 Å². The quantitative estimate of drug-likeness (QED) is 0.0385. The fourth-order valence-electron chi connectivity index (χ4n) is 5.74. The summed E-state index contributed by atoms with van der Waals surface area (Å²) in [6, 6.07) is 0. The summed E-state index contributed by atoms with van der Waals surface area (Å²) in [5.74, 6) is -0.0972. The van der Waals surface area contributed by atoms with Crippen molar-refractivity contribution in [2.75, 3.05) is 13.2 Å². The van der Waals surface area contributed by atoms with Crippen molar-refractivity contribution in [2.45, 2.75) is 220 Å².